The summed E-state index contributed by atoms with van der Waals surface area (Å²) in [7, 11) is 0. The van der Waals surface area contributed by atoms with Gasteiger partial charge in [-0.3, -0.25) is 4.79 Å². The second kappa shape index (κ2) is 6.18. The van der Waals surface area contributed by atoms with Crippen LogP contribution in [0, 0.1) is 35.5 Å². The molecule has 0 amide bonds. The van der Waals surface area contributed by atoms with Gasteiger partial charge in [0.25, 0.3) is 0 Å². The first kappa shape index (κ1) is 17.4. The van der Waals surface area contributed by atoms with E-state index in [1.165, 1.54) is 5.57 Å². The summed E-state index contributed by atoms with van der Waals surface area (Å²) in [5.74, 6) is 1.47. The Labute approximate surface area is 160 Å². The van der Waals surface area contributed by atoms with Crippen LogP contribution in [0.3, 0.4) is 0 Å². The molecule has 4 heteroatoms. The molecule has 1 N–H and O–H groups in total. The zero-order valence-electron chi connectivity index (χ0n) is 16.1. The van der Waals surface area contributed by atoms with Crippen molar-refractivity contribution in [3.8, 4) is 0 Å². The van der Waals surface area contributed by atoms with Crippen LogP contribution < -0.4 is 0 Å². The third-order valence-electron chi connectivity index (χ3n) is 7.52. The highest BCUT2D eigenvalue weighted by molar-refractivity contribution is 5.76. The van der Waals surface area contributed by atoms with Crippen LogP contribution in [0.25, 0.3) is 0 Å². The topological polar surface area (TPSA) is 55.8 Å². The van der Waals surface area contributed by atoms with E-state index in [-0.39, 0.29) is 29.8 Å². The molecule has 9 atom stereocenters. The number of hydrogen-bond donors (Lipinski definition) is 1. The quantitative estimate of drug-likeness (QED) is 0.641. The van der Waals surface area contributed by atoms with Crippen molar-refractivity contribution in [1.29, 1.82) is 0 Å². The van der Waals surface area contributed by atoms with E-state index in [0.717, 1.165) is 12.0 Å². The predicted octanol–water partition coefficient (Wildman–Crippen LogP) is 3.51. The number of hydrogen-bond acceptors (Lipinski definition) is 4. The van der Waals surface area contributed by atoms with Gasteiger partial charge in [0.05, 0.1) is 5.92 Å². The normalized spacial score (nSPS) is 45.3. The van der Waals surface area contributed by atoms with Gasteiger partial charge in [-0.2, -0.15) is 0 Å². The molecule has 2 aliphatic heterocycles. The molecule has 4 nitrogen and oxygen atoms in total. The summed E-state index contributed by atoms with van der Waals surface area (Å²) in [6.45, 7) is 6.70. The van der Waals surface area contributed by atoms with Crippen molar-refractivity contribution in [1.82, 2.24) is 0 Å². The first-order valence-corrected chi connectivity index (χ1v) is 10.2. The first-order chi connectivity index (χ1) is 13.0. The molecule has 2 saturated heterocycles. The molecule has 2 bridgehead atoms. The fourth-order valence-corrected chi connectivity index (χ4v) is 6.26. The maximum atomic E-state index is 13.0. The van der Waals surface area contributed by atoms with Gasteiger partial charge in [-0.05, 0) is 42.6 Å². The molecule has 1 aromatic rings. The molecule has 0 unspecified atom stereocenters. The highest BCUT2D eigenvalue weighted by Crippen LogP contribution is 2.59. The van der Waals surface area contributed by atoms with Gasteiger partial charge in [-0.1, -0.05) is 55.8 Å². The van der Waals surface area contributed by atoms with Gasteiger partial charge in [-0.25, -0.2) is 0 Å². The highest BCUT2D eigenvalue weighted by Gasteiger charge is 2.63. The van der Waals surface area contributed by atoms with Crippen molar-refractivity contribution in [3.05, 3.63) is 47.5 Å². The van der Waals surface area contributed by atoms with Crippen molar-refractivity contribution in [3.63, 3.8) is 0 Å². The third-order valence-corrected chi connectivity index (χ3v) is 7.52. The van der Waals surface area contributed by atoms with Gasteiger partial charge < -0.3 is 14.6 Å². The Balaban J connectivity index is 1.51. The zero-order chi connectivity index (χ0) is 18.9. The minimum atomic E-state index is -0.812. The lowest BCUT2D eigenvalue weighted by Gasteiger charge is -2.55. The van der Waals surface area contributed by atoms with Gasteiger partial charge in [-0.15, -0.1) is 0 Å². The first-order valence-electron chi connectivity index (χ1n) is 10.2. The Morgan fingerprint density at radius 2 is 1.89 bits per heavy atom. The summed E-state index contributed by atoms with van der Waals surface area (Å²) < 4.78 is 12.2. The van der Waals surface area contributed by atoms with Crippen molar-refractivity contribution >= 4 is 5.97 Å². The molecule has 0 radical (unpaired) electrons. The summed E-state index contributed by atoms with van der Waals surface area (Å²) in [6.07, 6.45) is 1.40. The maximum Gasteiger partial charge on any atom is 0.310 e. The number of rotatable bonds is 2. The second-order valence-corrected chi connectivity index (χ2v) is 9.17. The van der Waals surface area contributed by atoms with Crippen LogP contribution in [0.2, 0.25) is 0 Å². The van der Waals surface area contributed by atoms with Gasteiger partial charge in [0.2, 0.25) is 0 Å². The van der Waals surface area contributed by atoms with E-state index in [1.807, 2.05) is 30.3 Å². The molecule has 0 aromatic heterocycles. The number of benzene rings is 1. The summed E-state index contributed by atoms with van der Waals surface area (Å²) in [4.78, 5) is 13.0. The molecule has 27 heavy (non-hydrogen) atoms. The SMILES string of the molecule is CC1=C[C@@H]2[C@@H]3C(=O)O[C@H]4[C@H](O)[C@@H](c5ccccc5)O[C@H]4[C@@H]3[C@H]1C[C@@H]2C(C)C. The Morgan fingerprint density at radius 3 is 2.59 bits per heavy atom. The molecule has 1 saturated carbocycles. The molecule has 2 heterocycles. The molecule has 5 aliphatic rings. The highest BCUT2D eigenvalue weighted by atomic mass is 16.6. The summed E-state index contributed by atoms with van der Waals surface area (Å²) >= 11 is 0. The lowest BCUT2D eigenvalue weighted by molar-refractivity contribution is -0.196. The number of ether oxygens (including phenoxy) is 2. The lowest BCUT2D eigenvalue weighted by atomic mass is 9.51. The number of carbonyl (C=O) groups is 1. The zero-order valence-corrected chi connectivity index (χ0v) is 16.1. The van der Waals surface area contributed by atoms with Crippen LogP contribution in [0.4, 0.5) is 0 Å². The number of fused-ring (bicyclic) bond motifs is 2. The van der Waals surface area contributed by atoms with Crippen molar-refractivity contribution in [2.75, 3.05) is 0 Å². The van der Waals surface area contributed by atoms with Gasteiger partial charge >= 0.3 is 5.97 Å². The average Bonchev–Trinajstić information content (AvgIpc) is 2.99. The Hall–Kier alpha value is -1.65. The van der Waals surface area contributed by atoms with E-state index in [9.17, 15) is 9.90 Å². The van der Waals surface area contributed by atoms with Gasteiger partial charge in [0, 0.05) is 5.92 Å². The molecular weight excluding hydrogens is 340 g/mol. The second-order valence-electron chi connectivity index (χ2n) is 9.17. The minimum absolute atomic E-state index is 0.115. The van der Waals surface area contributed by atoms with E-state index in [4.69, 9.17) is 9.47 Å². The molecule has 0 spiro atoms. The van der Waals surface area contributed by atoms with Crippen molar-refractivity contribution < 1.29 is 19.4 Å². The summed E-state index contributed by atoms with van der Waals surface area (Å²) in [5.41, 5.74) is 2.33. The Bertz CT molecular complexity index is 770. The fourth-order valence-electron chi connectivity index (χ4n) is 6.26. The Morgan fingerprint density at radius 1 is 1.15 bits per heavy atom. The molecule has 3 fully saturated rings. The van der Waals surface area contributed by atoms with Gasteiger partial charge in [0.1, 0.15) is 18.3 Å². The smallest absolute Gasteiger partial charge is 0.310 e. The number of carbonyl (C=O) groups excluding carboxylic acids is 1. The molecule has 1 aromatic carbocycles. The monoisotopic (exact) mass is 368 g/mol. The van der Waals surface area contributed by atoms with Crippen LogP contribution in [0.5, 0.6) is 0 Å². The largest absolute Gasteiger partial charge is 0.456 e. The third kappa shape index (κ3) is 2.46. The Kier molecular flexibility index (Phi) is 3.99. The van der Waals surface area contributed by atoms with Crippen LogP contribution >= 0.6 is 0 Å². The molecule has 3 aliphatic carbocycles. The number of esters is 1. The van der Waals surface area contributed by atoms with Crippen molar-refractivity contribution in [2.24, 2.45) is 35.5 Å². The van der Waals surface area contributed by atoms with E-state index in [0.29, 0.717) is 17.8 Å². The fraction of sp³-hybridized carbons (Fsp3) is 0.609. The molecular formula is C23H28O4. The summed E-state index contributed by atoms with van der Waals surface area (Å²) in [6, 6.07) is 9.79. The van der Waals surface area contributed by atoms with Crippen molar-refractivity contribution in [2.45, 2.75) is 51.6 Å². The number of aliphatic hydroxyl groups excluding tert-OH is 1. The average molecular weight is 368 g/mol. The van der Waals surface area contributed by atoms with E-state index >= 15 is 0 Å². The van der Waals surface area contributed by atoms with Crippen LogP contribution in [-0.2, 0) is 14.3 Å². The standard InChI is InChI=1S/C23H28O4/c1-11(2)14-10-15-12(3)9-16(14)18-17(15)21-22(27-23(18)25)19(24)20(26-21)13-7-5-4-6-8-13/h4-9,11,14-22,24H,10H2,1-3H3/t14-,15+,16+,17-,18+,19-,20-,21+,22+/m1/s1. The predicted molar refractivity (Wildman–Crippen MR) is 101 cm³/mol. The molecule has 144 valence electrons. The molecule has 6 rings (SSSR count). The van der Waals surface area contributed by atoms with Crippen LogP contribution in [-0.4, -0.2) is 29.4 Å². The van der Waals surface area contributed by atoms with E-state index in [1.54, 1.807) is 0 Å². The lowest BCUT2D eigenvalue weighted by Crippen LogP contribution is -2.60. The summed E-state index contributed by atoms with van der Waals surface area (Å²) in [5, 5.41) is 10.9. The number of allylic oxidation sites excluding steroid dienone is 2. The van der Waals surface area contributed by atoms with Crippen LogP contribution in [0.1, 0.15) is 38.9 Å². The van der Waals surface area contributed by atoms with Gasteiger partial charge in [0.15, 0.2) is 6.10 Å². The van der Waals surface area contributed by atoms with Crippen LogP contribution in [0.15, 0.2) is 42.0 Å². The maximum absolute atomic E-state index is 13.0. The van der Waals surface area contributed by atoms with E-state index in [2.05, 4.69) is 26.8 Å². The minimum Gasteiger partial charge on any atom is -0.456 e. The number of aliphatic hydroxyl groups is 1. The van der Waals surface area contributed by atoms with E-state index < -0.39 is 18.3 Å².